The van der Waals surface area contributed by atoms with E-state index in [9.17, 15) is 4.79 Å². The van der Waals surface area contributed by atoms with Crippen LogP contribution in [0.5, 0.6) is 0 Å². The van der Waals surface area contributed by atoms with Crippen LogP contribution in [-0.2, 0) is 17.3 Å². The number of aromatic nitrogens is 3. The second-order valence-electron chi connectivity index (χ2n) is 7.45. The number of nitrogens with zero attached hydrogens (tertiary/aromatic N) is 4. The molecule has 0 radical (unpaired) electrons. The fourth-order valence-corrected chi connectivity index (χ4v) is 3.05. The summed E-state index contributed by atoms with van der Waals surface area (Å²) in [4.78, 5) is 14.5. The van der Waals surface area contributed by atoms with Crippen LogP contribution in [0.4, 0.5) is 5.88 Å². The number of hydrogen-bond acceptors (Lipinski definition) is 5. The van der Waals surface area contributed by atoms with Crippen LogP contribution in [-0.4, -0.2) is 38.8 Å². The molecule has 2 aromatic heterocycles. The van der Waals surface area contributed by atoms with Crippen LogP contribution >= 0.6 is 0 Å². The molecule has 0 aliphatic carbocycles. The third kappa shape index (κ3) is 3.67. The van der Waals surface area contributed by atoms with E-state index in [2.05, 4.69) is 41.2 Å². The van der Waals surface area contributed by atoms with Crippen LogP contribution in [0, 0.1) is 0 Å². The molecule has 0 saturated carbocycles. The molecule has 0 bridgehead atoms. The maximum absolute atomic E-state index is 12.3. The van der Waals surface area contributed by atoms with Crippen molar-refractivity contribution in [3.63, 3.8) is 0 Å². The topological polar surface area (TPSA) is 76.2 Å². The summed E-state index contributed by atoms with van der Waals surface area (Å²) in [6.07, 6.45) is 6.04. The fourth-order valence-electron chi connectivity index (χ4n) is 3.05. The Labute approximate surface area is 142 Å². The first-order chi connectivity index (χ1) is 11.3. The summed E-state index contributed by atoms with van der Waals surface area (Å²) in [5, 5.41) is 11.1. The Morgan fingerprint density at radius 2 is 2.25 bits per heavy atom. The van der Waals surface area contributed by atoms with Gasteiger partial charge in [-0.2, -0.15) is 5.10 Å². The van der Waals surface area contributed by atoms with E-state index >= 15 is 0 Å². The van der Waals surface area contributed by atoms with Crippen molar-refractivity contribution >= 4 is 11.8 Å². The summed E-state index contributed by atoms with van der Waals surface area (Å²) in [6, 6.07) is 2.05. The number of likely N-dealkylation sites (tertiary alicyclic amines) is 1. The van der Waals surface area contributed by atoms with E-state index in [1.165, 1.54) is 0 Å². The van der Waals surface area contributed by atoms with Crippen molar-refractivity contribution in [2.75, 3.05) is 18.4 Å². The van der Waals surface area contributed by atoms with Crippen LogP contribution in [0.3, 0.4) is 0 Å². The number of amides is 1. The van der Waals surface area contributed by atoms with Gasteiger partial charge in [-0.15, -0.1) is 0 Å². The van der Waals surface area contributed by atoms with Gasteiger partial charge in [-0.25, -0.2) is 0 Å². The third-order valence-corrected chi connectivity index (χ3v) is 4.36. The minimum absolute atomic E-state index is 0.0811. The normalized spacial score (nSPS) is 18.9. The van der Waals surface area contributed by atoms with Gasteiger partial charge >= 0.3 is 0 Å². The lowest BCUT2D eigenvalue weighted by atomic mass is 9.92. The largest absolute Gasteiger partial charge is 0.338 e. The number of nitrogens with one attached hydrogen (secondary N) is 1. The molecule has 1 unspecified atom stereocenters. The molecule has 7 nitrogen and oxygen atoms in total. The minimum Gasteiger partial charge on any atom is -0.338 e. The van der Waals surface area contributed by atoms with Gasteiger partial charge in [0.05, 0.1) is 18.4 Å². The Hall–Kier alpha value is -2.15. The average molecular weight is 331 g/mol. The number of anilines is 1. The molecule has 2 aromatic rings. The molecule has 1 atom stereocenters. The Morgan fingerprint density at radius 1 is 1.46 bits per heavy atom. The second kappa shape index (κ2) is 6.39. The van der Waals surface area contributed by atoms with E-state index < -0.39 is 0 Å². The van der Waals surface area contributed by atoms with E-state index in [-0.39, 0.29) is 17.4 Å². The van der Waals surface area contributed by atoms with Gasteiger partial charge in [0.1, 0.15) is 0 Å². The van der Waals surface area contributed by atoms with Crippen molar-refractivity contribution in [2.24, 2.45) is 7.05 Å². The summed E-state index contributed by atoms with van der Waals surface area (Å²) in [6.45, 7) is 7.42. The number of aryl methyl sites for hydroxylation is 1. The van der Waals surface area contributed by atoms with Crippen molar-refractivity contribution in [1.82, 2.24) is 19.8 Å². The number of carbonyl (C=O) groups is 1. The average Bonchev–Trinajstić information content (AvgIpc) is 3.18. The molecular weight excluding hydrogens is 306 g/mol. The van der Waals surface area contributed by atoms with Crippen LogP contribution in [0.15, 0.2) is 23.0 Å². The molecule has 3 heterocycles. The van der Waals surface area contributed by atoms with Crippen molar-refractivity contribution in [3.05, 3.63) is 29.7 Å². The number of rotatable bonds is 4. The fraction of sp³-hybridized carbons (Fsp3) is 0.588. The molecular formula is C17H25N5O2. The van der Waals surface area contributed by atoms with E-state index in [1.54, 1.807) is 10.7 Å². The summed E-state index contributed by atoms with van der Waals surface area (Å²) < 4.78 is 7.03. The van der Waals surface area contributed by atoms with Crippen molar-refractivity contribution in [1.29, 1.82) is 0 Å². The summed E-state index contributed by atoms with van der Waals surface area (Å²) in [5.41, 5.74) is 1.89. The number of hydrogen-bond donors (Lipinski definition) is 1. The lowest BCUT2D eigenvalue weighted by molar-refractivity contribution is -0.117. The molecule has 24 heavy (non-hydrogen) atoms. The molecule has 130 valence electrons. The summed E-state index contributed by atoms with van der Waals surface area (Å²) in [5.74, 6) is 0.324. The van der Waals surface area contributed by atoms with Gasteiger partial charge in [0.15, 0.2) is 0 Å². The molecule has 1 amide bonds. The van der Waals surface area contributed by atoms with Crippen LogP contribution in [0.2, 0.25) is 0 Å². The lowest BCUT2D eigenvalue weighted by Gasteiger charge is -2.22. The zero-order valence-electron chi connectivity index (χ0n) is 14.7. The first-order valence-corrected chi connectivity index (χ1v) is 8.32. The smallest absolute Gasteiger partial charge is 0.240 e. The van der Waals surface area contributed by atoms with Gasteiger partial charge in [0.25, 0.3) is 0 Å². The SMILES string of the molecule is Cn1cc(C2CCCN2CC(=O)Nc2cc(C(C)(C)C)no2)cn1. The van der Waals surface area contributed by atoms with E-state index in [1.807, 2.05) is 19.4 Å². The van der Waals surface area contributed by atoms with Gasteiger partial charge in [0, 0.05) is 36.3 Å². The summed E-state index contributed by atoms with van der Waals surface area (Å²) >= 11 is 0. The van der Waals surface area contributed by atoms with Crippen molar-refractivity contribution in [3.8, 4) is 0 Å². The van der Waals surface area contributed by atoms with E-state index in [4.69, 9.17) is 4.52 Å². The van der Waals surface area contributed by atoms with Crippen molar-refractivity contribution < 1.29 is 9.32 Å². The van der Waals surface area contributed by atoms with Gasteiger partial charge in [-0.3, -0.25) is 19.7 Å². The first-order valence-electron chi connectivity index (χ1n) is 8.32. The van der Waals surface area contributed by atoms with Crippen LogP contribution in [0.1, 0.15) is 50.9 Å². The van der Waals surface area contributed by atoms with E-state index in [0.29, 0.717) is 12.4 Å². The summed E-state index contributed by atoms with van der Waals surface area (Å²) in [7, 11) is 1.91. The van der Waals surface area contributed by atoms with E-state index in [0.717, 1.165) is 30.6 Å². The van der Waals surface area contributed by atoms with Gasteiger partial charge in [-0.05, 0) is 19.4 Å². The van der Waals surface area contributed by atoms with Gasteiger partial charge < -0.3 is 4.52 Å². The molecule has 0 aromatic carbocycles. The monoisotopic (exact) mass is 331 g/mol. The maximum atomic E-state index is 12.3. The minimum atomic E-state index is -0.104. The molecule has 1 N–H and O–H groups in total. The highest BCUT2D eigenvalue weighted by Crippen LogP contribution is 2.31. The Morgan fingerprint density at radius 3 is 2.88 bits per heavy atom. The van der Waals surface area contributed by atoms with Gasteiger partial charge in [-0.1, -0.05) is 25.9 Å². The predicted molar refractivity (Wildman–Crippen MR) is 90.6 cm³/mol. The van der Waals surface area contributed by atoms with Crippen molar-refractivity contribution in [2.45, 2.75) is 45.1 Å². The first kappa shape index (κ1) is 16.7. The quantitative estimate of drug-likeness (QED) is 0.931. The van der Waals surface area contributed by atoms with Crippen LogP contribution < -0.4 is 5.32 Å². The highest BCUT2D eigenvalue weighted by molar-refractivity contribution is 5.91. The molecule has 3 rings (SSSR count). The standard InChI is InChI=1S/C17H25N5O2/c1-17(2,3)14-8-16(24-20-14)19-15(23)11-22-7-5-6-13(22)12-9-18-21(4)10-12/h8-10,13H,5-7,11H2,1-4H3,(H,19,23). The van der Waals surface area contributed by atoms with Crippen LogP contribution in [0.25, 0.3) is 0 Å². The molecule has 7 heteroatoms. The highest BCUT2D eigenvalue weighted by atomic mass is 16.5. The highest BCUT2D eigenvalue weighted by Gasteiger charge is 2.29. The lowest BCUT2D eigenvalue weighted by Crippen LogP contribution is -2.32. The van der Waals surface area contributed by atoms with Gasteiger partial charge in [0.2, 0.25) is 11.8 Å². The Balaban J connectivity index is 1.61. The molecule has 1 saturated heterocycles. The molecule has 0 spiro atoms. The maximum Gasteiger partial charge on any atom is 0.240 e. The molecule has 1 fully saturated rings. The number of carbonyl (C=O) groups excluding carboxylic acids is 1. The third-order valence-electron chi connectivity index (χ3n) is 4.36. The second-order valence-corrected chi connectivity index (χ2v) is 7.45. The Bertz CT molecular complexity index is 713. The predicted octanol–water partition coefficient (Wildman–Crippen LogP) is 2.48. The zero-order valence-corrected chi connectivity index (χ0v) is 14.7. The molecule has 1 aliphatic rings. The Kier molecular flexibility index (Phi) is 4.45. The molecule has 1 aliphatic heterocycles. The zero-order chi connectivity index (χ0) is 17.3.